The standard InChI is InChI=1S/C8H14F3NO.C2H6/c1-3-12(4-2)7(13)5-6-8(9,10)11;1-2/h3-6H2,1-2H3;1-2H3. The highest BCUT2D eigenvalue weighted by atomic mass is 19.4. The quantitative estimate of drug-likeness (QED) is 0.722. The van der Waals surface area contributed by atoms with E-state index in [-0.39, 0.29) is 0 Å². The molecular formula is C10H20F3NO. The monoisotopic (exact) mass is 227 g/mol. The van der Waals surface area contributed by atoms with Gasteiger partial charge in [-0.25, -0.2) is 0 Å². The van der Waals surface area contributed by atoms with Crippen molar-refractivity contribution in [3.63, 3.8) is 0 Å². The van der Waals surface area contributed by atoms with Gasteiger partial charge in [-0.1, -0.05) is 13.8 Å². The molecule has 0 saturated carbocycles. The first-order valence-corrected chi connectivity index (χ1v) is 5.25. The Bertz CT molecular complexity index is 165. The molecule has 0 radical (unpaired) electrons. The van der Waals surface area contributed by atoms with Gasteiger partial charge >= 0.3 is 6.18 Å². The zero-order valence-corrected chi connectivity index (χ0v) is 9.82. The molecule has 92 valence electrons. The van der Waals surface area contributed by atoms with E-state index in [4.69, 9.17) is 0 Å². The van der Waals surface area contributed by atoms with E-state index in [0.717, 1.165) is 0 Å². The van der Waals surface area contributed by atoms with Crippen LogP contribution in [0.15, 0.2) is 0 Å². The fourth-order valence-electron chi connectivity index (χ4n) is 0.983. The summed E-state index contributed by atoms with van der Waals surface area (Å²) in [5.41, 5.74) is 0. The van der Waals surface area contributed by atoms with Crippen molar-refractivity contribution in [1.82, 2.24) is 4.90 Å². The number of hydrogen-bond acceptors (Lipinski definition) is 1. The first kappa shape index (κ1) is 16.7. The van der Waals surface area contributed by atoms with Crippen molar-refractivity contribution in [2.45, 2.75) is 46.7 Å². The molecule has 15 heavy (non-hydrogen) atoms. The molecule has 0 atom stereocenters. The third kappa shape index (κ3) is 9.56. The summed E-state index contributed by atoms with van der Waals surface area (Å²) in [6, 6.07) is 0. The van der Waals surface area contributed by atoms with Crippen LogP contribution in [-0.4, -0.2) is 30.1 Å². The summed E-state index contributed by atoms with van der Waals surface area (Å²) in [4.78, 5) is 12.5. The van der Waals surface area contributed by atoms with Crippen LogP contribution < -0.4 is 0 Å². The van der Waals surface area contributed by atoms with Gasteiger partial charge in [0.2, 0.25) is 5.91 Å². The Morgan fingerprint density at radius 2 is 1.53 bits per heavy atom. The molecule has 2 nitrogen and oxygen atoms in total. The van der Waals surface area contributed by atoms with Crippen LogP contribution in [0.2, 0.25) is 0 Å². The first-order chi connectivity index (χ1) is 6.90. The lowest BCUT2D eigenvalue weighted by atomic mass is 10.2. The van der Waals surface area contributed by atoms with Crippen molar-refractivity contribution in [3.8, 4) is 0 Å². The van der Waals surface area contributed by atoms with E-state index in [9.17, 15) is 18.0 Å². The molecule has 0 aliphatic rings. The maximum atomic E-state index is 11.7. The third-order valence-electron chi connectivity index (χ3n) is 1.74. The summed E-state index contributed by atoms with van der Waals surface area (Å²) < 4.78 is 35.1. The van der Waals surface area contributed by atoms with Gasteiger partial charge in [0.25, 0.3) is 0 Å². The zero-order valence-electron chi connectivity index (χ0n) is 9.82. The molecule has 1 amide bonds. The predicted molar refractivity (Wildman–Crippen MR) is 54.6 cm³/mol. The summed E-state index contributed by atoms with van der Waals surface area (Å²) in [5, 5.41) is 0. The number of amides is 1. The predicted octanol–water partition coefficient (Wildman–Crippen LogP) is 3.22. The molecule has 0 aromatic rings. The van der Waals surface area contributed by atoms with Gasteiger partial charge < -0.3 is 4.90 Å². The van der Waals surface area contributed by atoms with Crippen LogP contribution in [0.3, 0.4) is 0 Å². The van der Waals surface area contributed by atoms with Crippen molar-refractivity contribution in [2.75, 3.05) is 13.1 Å². The second-order valence-corrected chi connectivity index (χ2v) is 2.68. The molecule has 5 heteroatoms. The summed E-state index contributed by atoms with van der Waals surface area (Å²) in [7, 11) is 0. The van der Waals surface area contributed by atoms with Crippen molar-refractivity contribution in [3.05, 3.63) is 0 Å². The van der Waals surface area contributed by atoms with E-state index in [2.05, 4.69) is 0 Å². The second-order valence-electron chi connectivity index (χ2n) is 2.68. The smallest absolute Gasteiger partial charge is 0.343 e. The van der Waals surface area contributed by atoms with Gasteiger partial charge in [-0.05, 0) is 13.8 Å². The zero-order chi connectivity index (χ0) is 12.5. The third-order valence-corrected chi connectivity index (χ3v) is 1.74. The molecule has 0 aliphatic carbocycles. The Labute approximate surface area is 89.4 Å². The normalized spacial score (nSPS) is 10.3. The van der Waals surface area contributed by atoms with Gasteiger partial charge in [-0.15, -0.1) is 0 Å². The number of nitrogens with zero attached hydrogens (tertiary/aromatic N) is 1. The molecule has 0 aromatic carbocycles. The molecule has 0 aromatic heterocycles. The molecule has 0 N–H and O–H groups in total. The molecule has 0 unspecified atom stereocenters. The lowest BCUT2D eigenvalue weighted by Crippen LogP contribution is -2.31. The van der Waals surface area contributed by atoms with E-state index in [1.807, 2.05) is 13.8 Å². The minimum Gasteiger partial charge on any atom is -0.343 e. The Hall–Kier alpha value is -0.740. The number of carbonyl (C=O) groups excluding carboxylic acids is 1. The number of alkyl halides is 3. The van der Waals surface area contributed by atoms with E-state index in [1.165, 1.54) is 4.90 Å². The fourth-order valence-corrected chi connectivity index (χ4v) is 0.983. The highest BCUT2D eigenvalue weighted by Gasteiger charge is 2.28. The largest absolute Gasteiger partial charge is 0.389 e. The SMILES string of the molecule is CC.CCN(CC)C(=O)CCC(F)(F)F. The molecular weight excluding hydrogens is 207 g/mol. The van der Waals surface area contributed by atoms with E-state index < -0.39 is 24.9 Å². The summed E-state index contributed by atoms with van der Waals surface area (Å²) >= 11 is 0. The average molecular weight is 227 g/mol. The van der Waals surface area contributed by atoms with Crippen molar-refractivity contribution in [1.29, 1.82) is 0 Å². The highest BCUT2D eigenvalue weighted by molar-refractivity contribution is 5.76. The Balaban J connectivity index is 0. The molecule has 0 spiro atoms. The van der Waals surface area contributed by atoms with Crippen LogP contribution in [0.1, 0.15) is 40.5 Å². The minimum absolute atomic E-state index is 0.428. The second kappa shape index (κ2) is 8.56. The van der Waals surface area contributed by atoms with Crippen molar-refractivity contribution in [2.24, 2.45) is 0 Å². The van der Waals surface area contributed by atoms with Crippen LogP contribution in [0, 0.1) is 0 Å². The fraction of sp³-hybridized carbons (Fsp3) is 0.900. The lowest BCUT2D eigenvalue weighted by Gasteiger charge is -2.18. The van der Waals surface area contributed by atoms with Crippen LogP contribution in [0.5, 0.6) is 0 Å². The van der Waals surface area contributed by atoms with Crippen molar-refractivity contribution < 1.29 is 18.0 Å². The first-order valence-electron chi connectivity index (χ1n) is 5.25. The lowest BCUT2D eigenvalue weighted by molar-refractivity contribution is -0.148. The van der Waals surface area contributed by atoms with Crippen LogP contribution in [-0.2, 0) is 4.79 Å². The van der Waals surface area contributed by atoms with Gasteiger partial charge in [0, 0.05) is 19.5 Å². The molecule has 0 fully saturated rings. The molecule has 0 aliphatic heterocycles. The number of carbonyl (C=O) groups is 1. The number of halogens is 3. The molecule has 0 bridgehead atoms. The maximum absolute atomic E-state index is 11.7. The molecule has 0 rings (SSSR count). The molecule has 0 heterocycles. The Morgan fingerprint density at radius 3 is 1.80 bits per heavy atom. The van der Waals surface area contributed by atoms with Gasteiger partial charge in [0.1, 0.15) is 0 Å². The topological polar surface area (TPSA) is 20.3 Å². The maximum Gasteiger partial charge on any atom is 0.389 e. The summed E-state index contributed by atoms with van der Waals surface area (Å²) in [6.45, 7) is 8.42. The van der Waals surface area contributed by atoms with Crippen LogP contribution in [0.4, 0.5) is 13.2 Å². The van der Waals surface area contributed by atoms with Gasteiger partial charge in [0.05, 0.1) is 6.42 Å². The van der Waals surface area contributed by atoms with Gasteiger partial charge in [0.15, 0.2) is 0 Å². The van der Waals surface area contributed by atoms with Crippen molar-refractivity contribution >= 4 is 5.91 Å². The average Bonchev–Trinajstić information content (AvgIpc) is 2.19. The number of rotatable bonds is 4. The highest BCUT2D eigenvalue weighted by Crippen LogP contribution is 2.21. The van der Waals surface area contributed by atoms with E-state index in [0.29, 0.717) is 13.1 Å². The molecule has 0 saturated heterocycles. The van der Waals surface area contributed by atoms with E-state index in [1.54, 1.807) is 13.8 Å². The minimum atomic E-state index is -4.23. The van der Waals surface area contributed by atoms with Crippen LogP contribution in [0.25, 0.3) is 0 Å². The van der Waals surface area contributed by atoms with Gasteiger partial charge in [-0.2, -0.15) is 13.2 Å². The summed E-state index contributed by atoms with van der Waals surface area (Å²) in [5.74, 6) is -0.428. The Kier molecular flexibility index (Phi) is 9.52. The summed E-state index contributed by atoms with van der Waals surface area (Å²) in [6.07, 6.45) is -5.70. The Morgan fingerprint density at radius 1 is 1.13 bits per heavy atom. The van der Waals surface area contributed by atoms with Gasteiger partial charge in [-0.3, -0.25) is 4.79 Å². The van der Waals surface area contributed by atoms with E-state index >= 15 is 0 Å². The van der Waals surface area contributed by atoms with Crippen LogP contribution >= 0.6 is 0 Å². The number of hydrogen-bond donors (Lipinski definition) is 0.